The standard InChI is InChI=1S/C24H32O3/c1-4-5-6-13-27-21-15-17-18-7-8-22(26)24(18,3)12-10-19(17)23(2)11-9-16(25)14-20(21)23/h5-6,9,11,14,17-19,21H,4,7-8,10,12-13,15H2,1-3H3/b6-5-/t17-,18-,19-,21+,23+,24?/m0/s1. The summed E-state index contributed by atoms with van der Waals surface area (Å²) < 4.78 is 6.30. The minimum atomic E-state index is -0.139. The first kappa shape index (κ1) is 18.9. The zero-order chi connectivity index (χ0) is 19.2. The second-order valence-corrected chi connectivity index (χ2v) is 9.35. The third-order valence-electron chi connectivity index (χ3n) is 8.06. The van der Waals surface area contributed by atoms with Gasteiger partial charge in [0.2, 0.25) is 0 Å². The molecule has 0 N–H and O–H groups in total. The molecule has 0 aromatic carbocycles. The van der Waals surface area contributed by atoms with Crippen LogP contribution in [0.2, 0.25) is 0 Å². The number of ether oxygens (including phenoxy) is 1. The first-order valence-corrected chi connectivity index (χ1v) is 10.7. The third kappa shape index (κ3) is 2.90. The lowest BCUT2D eigenvalue weighted by Gasteiger charge is -2.57. The van der Waals surface area contributed by atoms with Gasteiger partial charge >= 0.3 is 0 Å². The molecule has 0 aliphatic heterocycles. The van der Waals surface area contributed by atoms with Crippen molar-refractivity contribution in [3.05, 3.63) is 36.0 Å². The van der Waals surface area contributed by atoms with E-state index in [1.165, 1.54) is 0 Å². The summed E-state index contributed by atoms with van der Waals surface area (Å²) in [7, 11) is 0. The Morgan fingerprint density at radius 2 is 2.00 bits per heavy atom. The Bertz CT molecular complexity index is 730. The van der Waals surface area contributed by atoms with Crippen molar-refractivity contribution >= 4 is 11.6 Å². The molecule has 0 aromatic rings. The molecule has 0 spiro atoms. The number of ketones is 2. The van der Waals surface area contributed by atoms with Crippen LogP contribution in [0.5, 0.6) is 0 Å². The van der Waals surface area contributed by atoms with Crippen molar-refractivity contribution in [1.82, 2.24) is 0 Å². The van der Waals surface area contributed by atoms with Crippen molar-refractivity contribution in [2.75, 3.05) is 6.61 Å². The SMILES string of the molecule is CC/C=C\CO[C@@H]1C[C@H]2[C@@H]3CCC(=O)C3(C)CC[C@@H]2[C@@]2(C)C=CC(=O)C=C12. The Labute approximate surface area is 162 Å². The maximum absolute atomic E-state index is 12.6. The molecule has 3 saturated carbocycles. The number of hydrogen-bond acceptors (Lipinski definition) is 3. The average molecular weight is 369 g/mol. The normalized spacial score (nSPS) is 43.4. The number of fused-ring (bicyclic) bond motifs is 5. The highest BCUT2D eigenvalue weighted by Crippen LogP contribution is 2.63. The summed E-state index contributed by atoms with van der Waals surface area (Å²) in [5, 5.41) is 0. The van der Waals surface area contributed by atoms with Crippen LogP contribution in [-0.4, -0.2) is 24.3 Å². The highest BCUT2D eigenvalue weighted by molar-refractivity contribution is 6.01. The smallest absolute Gasteiger partial charge is 0.178 e. The Morgan fingerprint density at radius 1 is 1.19 bits per heavy atom. The van der Waals surface area contributed by atoms with E-state index in [9.17, 15) is 9.59 Å². The first-order valence-electron chi connectivity index (χ1n) is 10.7. The van der Waals surface area contributed by atoms with Gasteiger partial charge in [-0.25, -0.2) is 0 Å². The van der Waals surface area contributed by atoms with Gasteiger partial charge in [0.1, 0.15) is 5.78 Å². The van der Waals surface area contributed by atoms with E-state index in [1.807, 2.05) is 6.08 Å². The van der Waals surface area contributed by atoms with Crippen molar-refractivity contribution in [2.24, 2.45) is 28.6 Å². The molecule has 0 radical (unpaired) electrons. The molecule has 0 bridgehead atoms. The molecule has 1 unspecified atom stereocenters. The molecule has 3 fully saturated rings. The van der Waals surface area contributed by atoms with E-state index in [-0.39, 0.29) is 22.7 Å². The highest BCUT2D eigenvalue weighted by Gasteiger charge is 2.60. The zero-order valence-corrected chi connectivity index (χ0v) is 16.9. The van der Waals surface area contributed by atoms with Crippen LogP contribution in [0.25, 0.3) is 0 Å². The lowest BCUT2D eigenvalue weighted by atomic mass is 9.48. The van der Waals surface area contributed by atoms with Gasteiger partial charge in [0.05, 0.1) is 12.7 Å². The molecule has 0 amide bonds. The van der Waals surface area contributed by atoms with Crippen molar-refractivity contribution in [3.8, 4) is 0 Å². The number of hydrogen-bond donors (Lipinski definition) is 0. The van der Waals surface area contributed by atoms with Crippen LogP contribution >= 0.6 is 0 Å². The van der Waals surface area contributed by atoms with Gasteiger partial charge in [0.15, 0.2) is 5.78 Å². The van der Waals surface area contributed by atoms with Gasteiger partial charge < -0.3 is 4.74 Å². The monoisotopic (exact) mass is 368 g/mol. The van der Waals surface area contributed by atoms with Crippen LogP contribution in [0, 0.1) is 28.6 Å². The second-order valence-electron chi connectivity index (χ2n) is 9.35. The molecule has 4 rings (SSSR count). The highest BCUT2D eigenvalue weighted by atomic mass is 16.5. The molecular formula is C24H32O3. The van der Waals surface area contributed by atoms with E-state index in [0.717, 1.165) is 44.1 Å². The van der Waals surface area contributed by atoms with Crippen LogP contribution in [0.3, 0.4) is 0 Å². The predicted octanol–water partition coefficient (Wildman–Crippen LogP) is 4.82. The molecule has 4 aliphatic rings. The van der Waals surface area contributed by atoms with E-state index >= 15 is 0 Å². The largest absolute Gasteiger partial charge is 0.370 e. The van der Waals surface area contributed by atoms with E-state index in [2.05, 4.69) is 39.0 Å². The maximum Gasteiger partial charge on any atom is 0.178 e. The minimum absolute atomic E-state index is 0.0234. The number of Topliss-reactive ketones (excluding diaryl/α,β-unsaturated/α-hetero) is 1. The van der Waals surface area contributed by atoms with Gasteiger partial charge in [-0.1, -0.05) is 39.0 Å². The van der Waals surface area contributed by atoms with Crippen molar-refractivity contribution < 1.29 is 14.3 Å². The molecule has 3 nitrogen and oxygen atoms in total. The van der Waals surface area contributed by atoms with Crippen molar-refractivity contribution in [1.29, 1.82) is 0 Å². The summed E-state index contributed by atoms with van der Waals surface area (Å²) in [5.74, 6) is 2.01. The van der Waals surface area contributed by atoms with E-state index in [1.54, 1.807) is 6.08 Å². The summed E-state index contributed by atoms with van der Waals surface area (Å²) >= 11 is 0. The van der Waals surface area contributed by atoms with Gasteiger partial charge in [-0.15, -0.1) is 0 Å². The number of carbonyl (C=O) groups excluding carboxylic acids is 2. The van der Waals surface area contributed by atoms with Crippen LogP contribution in [-0.2, 0) is 14.3 Å². The molecule has 0 heterocycles. The van der Waals surface area contributed by atoms with Crippen molar-refractivity contribution in [3.63, 3.8) is 0 Å². The van der Waals surface area contributed by atoms with Crippen LogP contribution in [0.1, 0.15) is 59.3 Å². The molecule has 3 heteroatoms. The predicted molar refractivity (Wildman–Crippen MR) is 106 cm³/mol. The molecule has 27 heavy (non-hydrogen) atoms. The maximum atomic E-state index is 12.6. The Hall–Kier alpha value is -1.48. The fourth-order valence-corrected chi connectivity index (χ4v) is 6.56. The molecule has 0 saturated heterocycles. The van der Waals surface area contributed by atoms with Gasteiger partial charge in [0.25, 0.3) is 0 Å². The summed E-state index contributed by atoms with van der Waals surface area (Å²) in [6, 6.07) is 0. The molecule has 6 atom stereocenters. The van der Waals surface area contributed by atoms with Crippen LogP contribution in [0.15, 0.2) is 36.0 Å². The lowest BCUT2D eigenvalue weighted by molar-refractivity contribution is -0.133. The van der Waals surface area contributed by atoms with Gasteiger partial charge in [-0.2, -0.15) is 0 Å². The van der Waals surface area contributed by atoms with Crippen LogP contribution < -0.4 is 0 Å². The van der Waals surface area contributed by atoms with E-state index < -0.39 is 0 Å². The summed E-state index contributed by atoms with van der Waals surface area (Å²) in [5.41, 5.74) is 0.900. The van der Waals surface area contributed by atoms with E-state index in [4.69, 9.17) is 4.74 Å². The topological polar surface area (TPSA) is 43.4 Å². The van der Waals surface area contributed by atoms with Gasteiger partial charge in [-0.05, 0) is 67.6 Å². The summed E-state index contributed by atoms with van der Waals surface area (Å²) in [4.78, 5) is 24.8. The number of carbonyl (C=O) groups is 2. The molecule has 4 aliphatic carbocycles. The summed E-state index contributed by atoms with van der Waals surface area (Å²) in [6.07, 6.45) is 15.7. The van der Waals surface area contributed by atoms with Crippen LogP contribution in [0.4, 0.5) is 0 Å². The van der Waals surface area contributed by atoms with Gasteiger partial charge in [0, 0.05) is 17.3 Å². The second kappa shape index (κ2) is 6.84. The number of allylic oxidation sites excluding steroid dienone is 4. The Morgan fingerprint density at radius 3 is 2.78 bits per heavy atom. The average Bonchev–Trinajstić information content (AvgIpc) is 2.95. The van der Waals surface area contributed by atoms with E-state index in [0.29, 0.717) is 30.1 Å². The van der Waals surface area contributed by atoms with Crippen molar-refractivity contribution in [2.45, 2.75) is 65.4 Å². The Balaban J connectivity index is 1.67. The minimum Gasteiger partial charge on any atom is -0.370 e. The third-order valence-corrected chi connectivity index (χ3v) is 8.06. The van der Waals surface area contributed by atoms with Gasteiger partial charge in [-0.3, -0.25) is 9.59 Å². The fourth-order valence-electron chi connectivity index (χ4n) is 6.56. The molecule has 146 valence electrons. The molecule has 0 aromatic heterocycles. The summed E-state index contributed by atoms with van der Waals surface area (Å²) in [6.45, 7) is 7.20. The molecular weight excluding hydrogens is 336 g/mol. The Kier molecular flexibility index (Phi) is 4.78. The number of rotatable bonds is 4. The fraction of sp³-hybridized carbons (Fsp3) is 0.667. The zero-order valence-electron chi connectivity index (χ0n) is 16.9. The quantitative estimate of drug-likeness (QED) is 0.668. The lowest BCUT2D eigenvalue weighted by Crippen LogP contribution is -2.53. The first-order chi connectivity index (χ1) is 12.9.